The van der Waals surface area contributed by atoms with E-state index < -0.39 is 0 Å². The van der Waals surface area contributed by atoms with E-state index in [1.807, 2.05) is 6.92 Å². The molecule has 1 N–H and O–H groups in total. The summed E-state index contributed by atoms with van der Waals surface area (Å²) in [5.74, 6) is 2.68. The Morgan fingerprint density at radius 2 is 2.00 bits per heavy atom. The van der Waals surface area contributed by atoms with Crippen LogP contribution in [0.5, 0.6) is 0 Å². The van der Waals surface area contributed by atoms with Gasteiger partial charge in [0, 0.05) is 5.92 Å². The lowest BCUT2D eigenvalue weighted by Crippen LogP contribution is -2.18. The molecule has 2 bridgehead atoms. The monoisotopic (exact) mass is 320 g/mol. The Balaban J connectivity index is 1.47. The zero-order valence-corrected chi connectivity index (χ0v) is 13.6. The number of hydrogen-bond donors (Lipinski definition) is 1. The van der Waals surface area contributed by atoms with Gasteiger partial charge in [-0.2, -0.15) is 0 Å². The van der Waals surface area contributed by atoms with Gasteiger partial charge in [-0.1, -0.05) is 18.3 Å². The van der Waals surface area contributed by atoms with Crippen molar-refractivity contribution in [2.24, 2.45) is 29.6 Å². The normalized spacial score (nSPS) is 34.4. The minimum Gasteiger partial charge on any atom is -0.465 e. The number of ether oxygens (including phenoxy) is 1. The summed E-state index contributed by atoms with van der Waals surface area (Å²) in [6.45, 7) is 1.94. The van der Waals surface area contributed by atoms with Gasteiger partial charge >= 0.3 is 5.97 Å². The second kappa shape index (κ2) is 5.05. The van der Waals surface area contributed by atoms with Gasteiger partial charge in [0.1, 0.15) is 4.88 Å². The van der Waals surface area contributed by atoms with E-state index in [0.717, 1.165) is 11.8 Å². The predicted octanol–water partition coefficient (Wildman–Crippen LogP) is 2.72. The molecule has 5 nitrogen and oxygen atoms in total. The molecule has 0 saturated heterocycles. The molecule has 1 unspecified atom stereocenters. The summed E-state index contributed by atoms with van der Waals surface area (Å²) in [7, 11) is 1.36. The number of aryl methyl sites for hydroxylation is 1. The minimum atomic E-state index is -0.379. The zero-order valence-electron chi connectivity index (χ0n) is 12.8. The van der Waals surface area contributed by atoms with Crippen LogP contribution in [0.2, 0.25) is 0 Å². The van der Waals surface area contributed by atoms with Crippen molar-refractivity contribution in [3.8, 4) is 0 Å². The van der Waals surface area contributed by atoms with Crippen molar-refractivity contribution >= 4 is 28.3 Å². The van der Waals surface area contributed by atoms with Gasteiger partial charge < -0.3 is 10.1 Å². The van der Waals surface area contributed by atoms with Crippen LogP contribution in [-0.4, -0.2) is 24.0 Å². The number of thiazole rings is 1. The highest BCUT2D eigenvalue weighted by Gasteiger charge is 2.67. The standard InChI is InChI=1S/C16H20N2O3S/c1-3-9-13(15(20)21-2)22-16(17-9)18-14(19)12-10-7-4-5-8(6-7)11(10)12/h7-8,10-12H,3-6H2,1-2H3,(H,17,18,19)/t7-,8-,10-,11+,12?/m0/s1. The van der Waals surface area contributed by atoms with E-state index in [0.29, 0.717) is 34.0 Å². The number of esters is 1. The number of aromatic nitrogens is 1. The van der Waals surface area contributed by atoms with Gasteiger partial charge in [-0.05, 0) is 49.4 Å². The lowest BCUT2D eigenvalue weighted by Gasteiger charge is -2.07. The molecule has 3 fully saturated rings. The Labute approximate surface area is 133 Å². The van der Waals surface area contributed by atoms with Crippen molar-refractivity contribution in [1.82, 2.24) is 4.98 Å². The summed E-state index contributed by atoms with van der Waals surface area (Å²) in [4.78, 5) is 29.1. The van der Waals surface area contributed by atoms with Crippen LogP contribution < -0.4 is 5.32 Å². The highest BCUT2D eigenvalue weighted by atomic mass is 32.1. The molecule has 1 aromatic rings. The van der Waals surface area contributed by atoms with E-state index in [9.17, 15) is 9.59 Å². The summed E-state index contributed by atoms with van der Waals surface area (Å²) in [5.41, 5.74) is 0.697. The predicted molar refractivity (Wildman–Crippen MR) is 82.8 cm³/mol. The first kappa shape index (κ1) is 14.2. The first-order valence-electron chi connectivity index (χ1n) is 8.03. The second-order valence-corrected chi connectivity index (χ2v) is 7.64. The van der Waals surface area contributed by atoms with Crippen LogP contribution >= 0.6 is 11.3 Å². The number of anilines is 1. The SMILES string of the molecule is CCc1nc(NC(=O)C2[C@@H]3[C@H]4CC[C@@H](C4)[C@H]23)sc1C(=O)OC. The first-order chi connectivity index (χ1) is 10.6. The van der Waals surface area contributed by atoms with Crippen molar-refractivity contribution in [2.45, 2.75) is 32.6 Å². The molecule has 5 atom stereocenters. The van der Waals surface area contributed by atoms with Crippen LogP contribution in [0.4, 0.5) is 5.13 Å². The molecule has 3 aliphatic rings. The fourth-order valence-corrected chi connectivity index (χ4v) is 5.74. The third kappa shape index (κ3) is 2.00. The van der Waals surface area contributed by atoms with Crippen molar-refractivity contribution in [2.75, 3.05) is 12.4 Å². The molecule has 3 saturated carbocycles. The van der Waals surface area contributed by atoms with E-state index in [-0.39, 0.29) is 17.8 Å². The van der Waals surface area contributed by atoms with Crippen molar-refractivity contribution in [1.29, 1.82) is 0 Å². The molecule has 118 valence electrons. The Morgan fingerprint density at radius 3 is 2.59 bits per heavy atom. The number of nitrogens with zero attached hydrogens (tertiary/aromatic N) is 1. The minimum absolute atomic E-state index is 0.0967. The van der Waals surface area contributed by atoms with Gasteiger partial charge in [0.05, 0.1) is 12.8 Å². The number of carbonyl (C=O) groups is 2. The maximum absolute atomic E-state index is 12.5. The third-order valence-corrected chi connectivity index (χ3v) is 6.66. The summed E-state index contributed by atoms with van der Waals surface area (Å²) in [6.07, 6.45) is 4.59. The number of carbonyl (C=O) groups excluding carboxylic acids is 2. The van der Waals surface area contributed by atoms with E-state index in [1.165, 1.54) is 37.7 Å². The Kier molecular flexibility index (Phi) is 3.25. The molecule has 0 aliphatic heterocycles. The van der Waals surface area contributed by atoms with Gasteiger partial charge in [0.25, 0.3) is 0 Å². The summed E-state index contributed by atoms with van der Waals surface area (Å²) in [6, 6.07) is 0. The highest BCUT2D eigenvalue weighted by Crippen LogP contribution is 2.69. The summed E-state index contributed by atoms with van der Waals surface area (Å²) in [5, 5.41) is 3.46. The zero-order chi connectivity index (χ0) is 15.4. The maximum Gasteiger partial charge on any atom is 0.350 e. The largest absolute Gasteiger partial charge is 0.465 e. The van der Waals surface area contributed by atoms with Crippen molar-refractivity contribution < 1.29 is 14.3 Å². The smallest absolute Gasteiger partial charge is 0.350 e. The fraction of sp³-hybridized carbons (Fsp3) is 0.688. The Bertz CT molecular complexity index is 625. The van der Waals surface area contributed by atoms with Gasteiger partial charge in [0.15, 0.2) is 5.13 Å². The molecule has 1 amide bonds. The number of methoxy groups -OCH3 is 1. The van der Waals surface area contributed by atoms with E-state index >= 15 is 0 Å². The Morgan fingerprint density at radius 1 is 1.32 bits per heavy atom. The topological polar surface area (TPSA) is 68.3 Å². The molecule has 22 heavy (non-hydrogen) atoms. The molecule has 0 radical (unpaired) electrons. The van der Waals surface area contributed by atoms with E-state index in [1.54, 1.807) is 0 Å². The Hall–Kier alpha value is -1.43. The molecule has 1 aromatic heterocycles. The summed E-state index contributed by atoms with van der Waals surface area (Å²) < 4.78 is 4.77. The van der Waals surface area contributed by atoms with Gasteiger partial charge in [-0.3, -0.25) is 4.79 Å². The molecular formula is C16H20N2O3S. The van der Waals surface area contributed by atoms with E-state index in [4.69, 9.17) is 4.74 Å². The van der Waals surface area contributed by atoms with Crippen LogP contribution in [0.15, 0.2) is 0 Å². The molecule has 3 aliphatic carbocycles. The van der Waals surface area contributed by atoms with Crippen LogP contribution in [-0.2, 0) is 16.0 Å². The average molecular weight is 320 g/mol. The lowest BCUT2D eigenvalue weighted by atomic mass is 10.0. The van der Waals surface area contributed by atoms with Crippen LogP contribution in [0.1, 0.15) is 41.6 Å². The van der Waals surface area contributed by atoms with Crippen LogP contribution in [0.3, 0.4) is 0 Å². The van der Waals surface area contributed by atoms with Gasteiger partial charge in [-0.15, -0.1) is 0 Å². The number of hydrogen-bond acceptors (Lipinski definition) is 5. The number of fused-ring (bicyclic) bond motifs is 5. The van der Waals surface area contributed by atoms with Crippen molar-refractivity contribution in [3.05, 3.63) is 10.6 Å². The quantitative estimate of drug-likeness (QED) is 0.866. The third-order valence-electron chi connectivity index (χ3n) is 5.67. The average Bonchev–Trinajstić information content (AvgIpc) is 2.86. The van der Waals surface area contributed by atoms with Gasteiger partial charge in [-0.25, -0.2) is 9.78 Å². The second-order valence-electron chi connectivity index (χ2n) is 6.64. The van der Waals surface area contributed by atoms with Crippen LogP contribution in [0.25, 0.3) is 0 Å². The molecule has 4 rings (SSSR count). The molecular weight excluding hydrogens is 300 g/mol. The molecule has 0 aromatic carbocycles. The maximum atomic E-state index is 12.5. The van der Waals surface area contributed by atoms with E-state index in [2.05, 4.69) is 10.3 Å². The van der Waals surface area contributed by atoms with Crippen molar-refractivity contribution in [3.63, 3.8) is 0 Å². The first-order valence-corrected chi connectivity index (χ1v) is 8.84. The van der Waals surface area contributed by atoms with Crippen LogP contribution in [0, 0.1) is 29.6 Å². The number of amides is 1. The lowest BCUT2D eigenvalue weighted by molar-refractivity contribution is -0.118. The van der Waals surface area contributed by atoms with Gasteiger partial charge in [0.2, 0.25) is 5.91 Å². The highest BCUT2D eigenvalue weighted by molar-refractivity contribution is 7.17. The molecule has 1 heterocycles. The fourth-order valence-electron chi connectivity index (χ4n) is 4.76. The number of rotatable bonds is 4. The summed E-state index contributed by atoms with van der Waals surface area (Å²) >= 11 is 1.22. The molecule has 6 heteroatoms. The molecule has 0 spiro atoms. The number of nitrogens with one attached hydrogen (secondary N) is 1.